The smallest absolute Gasteiger partial charge is 0.169 e. The number of rotatable bonds is 6. The molecule has 1 aromatic heterocycles. The van der Waals surface area contributed by atoms with Crippen LogP contribution in [0.3, 0.4) is 0 Å². The Kier molecular flexibility index (Phi) is 5.23. The Bertz CT molecular complexity index is 538. The lowest BCUT2D eigenvalue weighted by atomic mass is 9.92. The van der Waals surface area contributed by atoms with Gasteiger partial charge in [-0.2, -0.15) is 0 Å². The molecule has 2 rings (SSSR count). The summed E-state index contributed by atoms with van der Waals surface area (Å²) in [7, 11) is 0. The molecule has 1 heterocycles. The summed E-state index contributed by atoms with van der Waals surface area (Å²) < 4.78 is 11.4. The second-order valence-electron chi connectivity index (χ2n) is 4.43. The van der Waals surface area contributed by atoms with Crippen LogP contribution in [0.4, 0.5) is 0 Å². The normalized spacial score (nSPS) is 14.0. The van der Waals surface area contributed by atoms with Gasteiger partial charge in [-0.3, -0.25) is 0 Å². The van der Waals surface area contributed by atoms with Crippen molar-refractivity contribution in [1.29, 1.82) is 0 Å². The third-order valence-electron chi connectivity index (χ3n) is 3.14. The van der Waals surface area contributed by atoms with Crippen molar-refractivity contribution in [2.45, 2.75) is 18.9 Å². The maximum atomic E-state index is 10.4. The largest absolute Gasteiger partial charge is 0.494 e. The Morgan fingerprint density at radius 2 is 1.95 bits per heavy atom. The number of nitrogens with two attached hydrogens (primary N) is 1. The highest BCUT2D eigenvalue weighted by atomic mass is 79.9. The van der Waals surface area contributed by atoms with Crippen LogP contribution in [0.1, 0.15) is 30.3 Å². The van der Waals surface area contributed by atoms with Gasteiger partial charge < -0.3 is 20.0 Å². The van der Waals surface area contributed by atoms with Crippen molar-refractivity contribution in [2.75, 3.05) is 13.2 Å². The molecule has 2 aromatic rings. The van der Waals surface area contributed by atoms with E-state index in [9.17, 15) is 5.11 Å². The van der Waals surface area contributed by atoms with Crippen LogP contribution < -0.4 is 10.5 Å². The van der Waals surface area contributed by atoms with Crippen molar-refractivity contribution in [3.8, 4) is 5.75 Å². The summed E-state index contributed by atoms with van der Waals surface area (Å²) >= 11 is 3.23. The summed E-state index contributed by atoms with van der Waals surface area (Å²) in [6.07, 6.45) is -0.774. The van der Waals surface area contributed by atoms with E-state index in [1.54, 1.807) is 12.1 Å². The van der Waals surface area contributed by atoms with Gasteiger partial charge in [0.15, 0.2) is 4.67 Å². The summed E-state index contributed by atoms with van der Waals surface area (Å²) in [6, 6.07) is 11.1. The molecule has 0 saturated carbocycles. The van der Waals surface area contributed by atoms with E-state index in [4.69, 9.17) is 14.9 Å². The van der Waals surface area contributed by atoms with E-state index in [-0.39, 0.29) is 5.92 Å². The summed E-state index contributed by atoms with van der Waals surface area (Å²) in [5.41, 5.74) is 6.76. The van der Waals surface area contributed by atoms with Gasteiger partial charge in [-0.25, -0.2) is 0 Å². The molecule has 2 unspecified atom stereocenters. The minimum atomic E-state index is -0.774. The number of furan rings is 1. The van der Waals surface area contributed by atoms with Crippen LogP contribution >= 0.6 is 15.9 Å². The number of hydrogen-bond donors (Lipinski definition) is 2. The molecule has 0 aliphatic heterocycles. The van der Waals surface area contributed by atoms with E-state index < -0.39 is 6.10 Å². The molecule has 2 atom stereocenters. The lowest BCUT2D eigenvalue weighted by Crippen LogP contribution is -2.19. The standard InChI is InChI=1S/C15H18BrNO3/c1-2-19-11-5-3-10(4-6-11)12(9-17)15(18)13-7-8-14(16)20-13/h3-8,12,15,18H,2,9,17H2,1H3. The van der Waals surface area contributed by atoms with Crippen LogP contribution in [0.5, 0.6) is 5.75 Å². The van der Waals surface area contributed by atoms with E-state index in [1.165, 1.54) is 0 Å². The molecule has 4 nitrogen and oxygen atoms in total. The van der Waals surface area contributed by atoms with Crippen LogP contribution in [0, 0.1) is 0 Å². The fourth-order valence-electron chi connectivity index (χ4n) is 2.11. The average Bonchev–Trinajstić information content (AvgIpc) is 2.88. The Labute approximate surface area is 126 Å². The van der Waals surface area contributed by atoms with Gasteiger partial charge in [-0.1, -0.05) is 12.1 Å². The van der Waals surface area contributed by atoms with Crippen LogP contribution in [0.2, 0.25) is 0 Å². The number of halogens is 1. The lowest BCUT2D eigenvalue weighted by Gasteiger charge is -2.20. The number of aliphatic hydroxyl groups excluding tert-OH is 1. The average molecular weight is 340 g/mol. The maximum Gasteiger partial charge on any atom is 0.169 e. The third-order valence-corrected chi connectivity index (χ3v) is 3.57. The lowest BCUT2D eigenvalue weighted by molar-refractivity contribution is 0.120. The molecule has 0 aliphatic rings. The molecule has 0 radical (unpaired) electrons. The van der Waals surface area contributed by atoms with Gasteiger partial charge >= 0.3 is 0 Å². The van der Waals surface area contributed by atoms with Gasteiger partial charge in [-0.15, -0.1) is 0 Å². The second kappa shape index (κ2) is 6.92. The van der Waals surface area contributed by atoms with Crippen LogP contribution in [-0.4, -0.2) is 18.3 Å². The molecule has 0 amide bonds. The van der Waals surface area contributed by atoms with Crippen molar-refractivity contribution >= 4 is 15.9 Å². The molecular formula is C15H18BrNO3. The minimum Gasteiger partial charge on any atom is -0.494 e. The van der Waals surface area contributed by atoms with Crippen molar-refractivity contribution in [3.05, 3.63) is 52.4 Å². The monoisotopic (exact) mass is 339 g/mol. The molecule has 0 saturated heterocycles. The van der Waals surface area contributed by atoms with Gasteiger partial charge in [0, 0.05) is 12.5 Å². The SMILES string of the molecule is CCOc1ccc(C(CN)C(O)c2ccc(Br)o2)cc1. The van der Waals surface area contributed by atoms with Crippen molar-refractivity contribution in [2.24, 2.45) is 5.73 Å². The summed E-state index contributed by atoms with van der Waals surface area (Å²) in [4.78, 5) is 0. The minimum absolute atomic E-state index is 0.219. The fourth-order valence-corrected chi connectivity index (χ4v) is 2.43. The first-order valence-corrected chi connectivity index (χ1v) is 7.31. The van der Waals surface area contributed by atoms with E-state index in [0.717, 1.165) is 11.3 Å². The Morgan fingerprint density at radius 1 is 1.25 bits per heavy atom. The predicted molar refractivity (Wildman–Crippen MR) is 80.8 cm³/mol. The van der Waals surface area contributed by atoms with E-state index in [0.29, 0.717) is 23.6 Å². The van der Waals surface area contributed by atoms with Crippen molar-refractivity contribution < 1.29 is 14.3 Å². The molecular weight excluding hydrogens is 322 g/mol. The summed E-state index contributed by atoms with van der Waals surface area (Å²) in [5, 5.41) is 10.4. The molecule has 108 valence electrons. The van der Waals surface area contributed by atoms with E-state index >= 15 is 0 Å². The van der Waals surface area contributed by atoms with Gasteiger partial charge in [0.05, 0.1) is 6.61 Å². The second-order valence-corrected chi connectivity index (χ2v) is 5.21. The molecule has 20 heavy (non-hydrogen) atoms. The number of benzene rings is 1. The number of ether oxygens (including phenoxy) is 1. The van der Waals surface area contributed by atoms with Crippen LogP contribution in [0.25, 0.3) is 0 Å². The molecule has 0 bridgehead atoms. The van der Waals surface area contributed by atoms with E-state index in [1.807, 2.05) is 31.2 Å². The first-order valence-electron chi connectivity index (χ1n) is 6.51. The fraction of sp³-hybridized carbons (Fsp3) is 0.333. The maximum absolute atomic E-state index is 10.4. The first-order chi connectivity index (χ1) is 9.65. The van der Waals surface area contributed by atoms with Gasteiger partial charge in [-0.05, 0) is 52.7 Å². The third kappa shape index (κ3) is 3.42. The molecule has 0 spiro atoms. The first kappa shape index (κ1) is 15.1. The topological polar surface area (TPSA) is 68.6 Å². The molecule has 0 aliphatic carbocycles. The van der Waals surface area contributed by atoms with Crippen molar-refractivity contribution in [1.82, 2.24) is 0 Å². The Balaban J connectivity index is 2.18. The van der Waals surface area contributed by atoms with Gasteiger partial charge in [0.25, 0.3) is 0 Å². The predicted octanol–water partition coefficient (Wildman–Crippen LogP) is 3.22. The highest BCUT2D eigenvalue weighted by Crippen LogP contribution is 2.32. The number of aliphatic hydroxyl groups is 1. The summed E-state index contributed by atoms with van der Waals surface area (Å²) in [5.74, 6) is 1.09. The van der Waals surface area contributed by atoms with Gasteiger partial charge in [0.2, 0.25) is 0 Å². The molecule has 3 N–H and O–H groups in total. The van der Waals surface area contributed by atoms with E-state index in [2.05, 4.69) is 15.9 Å². The molecule has 0 fully saturated rings. The zero-order valence-electron chi connectivity index (χ0n) is 11.3. The molecule has 5 heteroatoms. The van der Waals surface area contributed by atoms with Crippen LogP contribution in [0.15, 0.2) is 45.5 Å². The van der Waals surface area contributed by atoms with Crippen molar-refractivity contribution in [3.63, 3.8) is 0 Å². The van der Waals surface area contributed by atoms with Crippen LogP contribution in [-0.2, 0) is 0 Å². The zero-order chi connectivity index (χ0) is 14.5. The quantitative estimate of drug-likeness (QED) is 0.847. The van der Waals surface area contributed by atoms with Gasteiger partial charge in [0.1, 0.15) is 17.6 Å². The summed E-state index contributed by atoms with van der Waals surface area (Å²) in [6.45, 7) is 2.89. The Morgan fingerprint density at radius 3 is 2.45 bits per heavy atom. The Hall–Kier alpha value is -1.30. The zero-order valence-corrected chi connectivity index (χ0v) is 12.8. The number of hydrogen-bond acceptors (Lipinski definition) is 4. The molecule has 1 aromatic carbocycles. The highest BCUT2D eigenvalue weighted by Gasteiger charge is 2.24. The highest BCUT2D eigenvalue weighted by molar-refractivity contribution is 9.10.